The van der Waals surface area contributed by atoms with Crippen LogP contribution >= 0.6 is 0 Å². The Morgan fingerprint density at radius 1 is 1.39 bits per heavy atom. The minimum absolute atomic E-state index is 0.150. The van der Waals surface area contributed by atoms with Crippen molar-refractivity contribution < 1.29 is 9.90 Å². The predicted octanol–water partition coefficient (Wildman–Crippen LogP) is 1.60. The van der Waals surface area contributed by atoms with E-state index >= 15 is 0 Å². The molecule has 0 bridgehead atoms. The first-order chi connectivity index (χ1) is 8.65. The van der Waals surface area contributed by atoms with Gasteiger partial charge in [0.2, 0.25) is 0 Å². The van der Waals surface area contributed by atoms with E-state index in [2.05, 4.69) is 9.88 Å². The molecule has 0 aromatic carbocycles. The fourth-order valence-electron chi connectivity index (χ4n) is 3.24. The summed E-state index contributed by atoms with van der Waals surface area (Å²) in [6, 6.07) is 1.60. The maximum Gasteiger partial charge on any atom is 0.337 e. The van der Waals surface area contributed by atoms with Crippen LogP contribution in [-0.2, 0) is 0 Å². The first-order valence-electron chi connectivity index (χ1n) is 6.39. The van der Waals surface area contributed by atoms with E-state index in [9.17, 15) is 4.79 Å². The van der Waals surface area contributed by atoms with Crippen molar-refractivity contribution in [2.45, 2.75) is 19.3 Å². The second-order valence-electron chi connectivity index (χ2n) is 5.29. The molecule has 5 heteroatoms. The van der Waals surface area contributed by atoms with Gasteiger partial charge < -0.3 is 15.7 Å². The summed E-state index contributed by atoms with van der Waals surface area (Å²) in [6.07, 6.45) is 5.37. The van der Waals surface area contributed by atoms with Crippen LogP contribution in [0, 0.1) is 11.8 Å². The summed E-state index contributed by atoms with van der Waals surface area (Å²) in [4.78, 5) is 17.5. The maximum absolute atomic E-state index is 11.1. The van der Waals surface area contributed by atoms with E-state index in [1.807, 2.05) is 0 Å². The van der Waals surface area contributed by atoms with E-state index in [4.69, 9.17) is 10.8 Å². The lowest BCUT2D eigenvalue weighted by molar-refractivity contribution is 0.0698. The fraction of sp³-hybridized carbons (Fsp3) is 0.538. The van der Waals surface area contributed by atoms with Gasteiger partial charge in [-0.3, -0.25) is 0 Å². The summed E-state index contributed by atoms with van der Waals surface area (Å²) in [5, 5.41) is 9.07. The number of aromatic carboxylic acids is 1. The van der Waals surface area contributed by atoms with Gasteiger partial charge in [-0.25, -0.2) is 9.78 Å². The van der Waals surface area contributed by atoms with Crippen LogP contribution in [0.2, 0.25) is 0 Å². The van der Waals surface area contributed by atoms with Crippen molar-refractivity contribution in [3.05, 3.63) is 17.8 Å². The van der Waals surface area contributed by atoms with E-state index in [0.29, 0.717) is 0 Å². The van der Waals surface area contributed by atoms with Gasteiger partial charge in [0.15, 0.2) is 0 Å². The van der Waals surface area contributed by atoms with Gasteiger partial charge in [0.25, 0.3) is 0 Å². The highest BCUT2D eigenvalue weighted by Crippen LogP contribution is 2.39. The molecule has 1 aromatic heterocycles. The number of fused-ring (bicyclic) bond motifs is 1. The van der Waals surface area contributed by atoms with Crippen LogP contribution < -0.4 is 10.6 Å². The number of nitrogens with zero attached hydrogens (tertiary/aromatic N) is 2. The van der Waals surface area contributed by atoms with Gasteiger partial charge in [-0.15, -0.1) is 0 Å². The molecule has 2 fully saturated rings. The number of carbonyl (C=O) groups is 1. The van der Waals surface area contributed by atoms with Crippen LogP contribution in [0.4, 0.5) is 11.5 Å². The van der Waals surface area contributed by atoms with Gasteiger partial charge in [-0.1, -0.05) is 6.42 Å². The van der Waals surface area contributed by atoms with Crippen LogP contribution in [-0.4, -0.2) is 29.1 Å². The molecule has 18 heavy (non-hydrogen) atoms. The third-order valence-electron chi connectivity index (χ3n) is 4.20. The standard InChI is InChI=1S/C13H17N3O2/c14-11-5-15-12(4-10(11)13(17)18)16-6-8-2-1-3-9(8)7-16/h4-5,8-9H,1-3,6-7,14H2,(H,17,18). The number of rotatable bonds is 2. The zero-order valence-electron chi connectivity index (χ0n) is 10.2. The lowest BCUT2D eigenvalue weighted by Crippen LogP contribution is -2.22. The summed E-state index contributed by atoms with van der Waals surface area (Å²) >= 11 is 0. The summed E-state index contributed by atoms with van der Waals surface area (Å²) < 4.78 is 0. The number of nitrogen functional groups attached to an aromatic ring is 1. The third kappa shape index (κ3) is 1.79. The molecule has 0 radical (unpaired) electrons. The van der Waals surface area contributed by atoms with Crippen molar-refractivity contribution >= 4 is 17.5 Å². The Morgan fingerprint density at radius 3 is 2.67 bits per heavy atom. The van der Waals surface area contributed by atoms with E-state index in [0.717, 1.165) is 30.7 Å². The summed E-state index contributed by atoms with van der Waals surface area (Å²) in [5.74, 6) is 1.28. The highest BCUT2D eigenvalue weighted by molar-refractivity contribution is 5.94. The Bertz CT molecular complexity index is 477. The number of hydrogen-bond donors (Lipinski definition) is 2. The maximum atomic E-state index is 11.1. The van der Waals surface area contributed by atoms with Gasteiger partial charge in [-0.05, 0) is 30.7 Å². The van der Waals surface area contributed by atoms with Crippen molar-refractivity contribution in [1.29, 1.82) is 0 Å². The Hall–Kier alpha value is -1.78. The highest BCUT2D eigenvalue weighted by atomic mass is 16.4. The molecule has 3 rings (SSSR count). The Balaban J connectivity index is 1.85. The molecule has 1 saturated heterocycles. The van der Waals surface area contributed by atoms with Crippen molar-refractivity contribution in [3.63, 3.8) is 0 Å². The molecular weight excluding hydrogens is 230 g/mol. The second-order valence-corrected chi connectivity index (χ2v) is 5.29. The molecule has 1 aliphatic carbocycles. The van der Waals surface area contributed by atoms with Crippen LogP contribution in [0.1, 0.15) is 29.6 Å². The fourth-order valence-corrected chi connectivity index (χ4v) is 3.24. The van der Waals surface area contributed by atoms with Crippen LogP contribution in [0.5, 0.6) is 0 Å². The number of carboxylic acids is 1. The normalized spacial score (nSPS) is 26.3. The monoisotopic (exact) mass is 247 g/mol. The minimum Gasteiger partial charge on any atom is -0.478 e. The van der Waals surface area contributed by atoms with Crippen LogP contribution in [0.15, 0.2) is 12.3 Å². The zero-order chi connectivity index (χ0) is 12.7. The van der Waals surface area contributed by atoms with Gasteiger partial charge in [0.05, 0.1) is 17.4 Å². The topological polar surface area (TPSA) is 79.5 Å². The van der Waals surface area contributed by atoms with Crippen molar-refractivity contribution in [2.75, 3.05) is 23.7 Å². The molecule has 3 N–H and O–H groups in total. The quantitative estimate of drug-likeness (QED) is 0.829. The molecule has 2 unspecified atom stereocenters. The van der Waals surface area contributed by atoms with Gasteiger partial charge in [0, 0.05) is 13.1 Å². The minimum atomic E-state index is -0.990. The van der Waals surface area contributed by atoms with Crippen LogP contribution in [0.3, 0.4) is 0 Å². The number of nitrogens with two attached hydrogens (primary N) is 1. The molecule has 2 heterocycles. The third-order valence-corrected chi connectivity index (χ3v) is 4.20. The average molecular weight is 247 g/mol. The first kappa shape index (κ1) is 11.3. The Labute approximate surface area is 106 Å². The van der Waals surface area contributed by atoms with E-state index < -0.39 is 5.97 Å². The van der Waals surface area contributed by atoms with Gasteiger partial charge in [0.1, 0.15) is 5.82 Å². The van der Waals surface area contributed by atoms with E-state index in [1.54, 1.807) is 6.07 Å². The van der Waals surface area contributed by atoms with Crippen molar-refractivity contribution in [1.82, 2.24) is 4.98 Å². The molecule has 2 atom stereocenters. The number of carboxylic acid groups (broad SMARTS) is 1. The van der Waals surface area contributed by atoms with Crippen molar-refractivity contribution in [2.24, 2.45) is 11.8 Å². The molecule has 2 aliphatic rings. The smallest absolute Gasteiger partial charge is 0.337 e. The van der Waals surface area contributed by atoms with Crippen LogP contribution in [0.25, 0.3) is 0 Å². The number of hydrogen-bond acceptors (Lipinski definition) is 4. The SMILES string of the molecule is Nc1cnc(N2CC3CCCC3C2)cc1C(=O)O. The van der Waals surface area contributed by atoms with Crippen molar-refractivity contribution in [3.8, 4) is 0 Å². The molecule has 1 aromatic rings. The molecule has 1 saturated carbocycles. The summed E-state index contributed by atoms with van der Waals surface area (Å²) in [7, 11) is 0. The highest BCUT2D eigenvalue weighted by Gasteiger charge is 2.36. The summed E-state index contributed by atoms with van der Waals surface area (Å²) in [6.45, 7) is 2.00. The lowest BCUT2D eigenvalue weighted by atomic mass is 10.0. The Morgan fingerprint density at radius 2 is 2.06 bits per heavy atom. The second kappa shape index (κ2) is 4.15. The molecule has 0 spiro atoms. The zero-order valence-corrected chi connectivity index (χ0v) is 10.2. The Kier molecular flexibility index (Phi) is 2.61. The molecule has 5 nitrogen and oxygen atoms in total. The number of pyridine rings is 1. The lowest BCUT2D eigenvalue weighted by Gasteiger charge is -2.19. The first-order valence-corrected chi connectivity index (χ1v) is 6.39. The predicted molar refractivity (Wildman–Crippen MR) is 68.7 cm³/mol. The molecule has 96 valence electrons. The number of anilines is 2. The molecule has 0 amide bonds. The number of aromatic nitrogens is 1. The molecular formula is C13H17N3O2. The summed E-state index contributed by atoms with van der Waals surface area (Å²) in [5.41, 5.74) is 6.00. The van der Waals surface area contributed by atoms with E-state index in [1.165, 1.54) is 25.5 Å². The average Bonchev–Trinajstić information content (AvgIpc) is 2.89. The van der Waals surface area contributed by atoms with Gasteiger partial charge in [-0.2, -0.15) is 0 Å². The largest absolute Gasteiger partial charge is 0.478 e. The van der Waals surface area contributed by atoms with Gasteiger partial charge >= 0.3 is 5.97 Å². The van der Waals surface area contributed by atoms with E-state index in [-0.39, 0.29) is 11.3 Å². The molecule has 1 aliphatic heterocycles.